The summed E-state index contributed by atoms with van der Waals surface area (Å²) in [6.45, 7) is 3.13. The zero-order chi connectivity index (χ0) is 17.3. The molecule has 0 radical (unpaired) electrons. The number of ether oxygens (including phenoxy) is 1. The van der Waals surface area contributed by atoms with Gasteiger partial charge in [-0.25, -0.2) is 4.98 Å². The van der Waals surface area contributed by atoms with E-state index in [-0.39, 0.29) is 30.5 Å². The van der Waals surface area contributed by atoms with Crippen LogP contribution in [0.25, 0.3) is 0 Å². The average molecular weight is 481 g/mol. The van der Waals surface area contributed by atoms with Crippen molar-refractivity contribution in [3.63, 3.8) is 0 Å². The first-order valence-corrected chi connectivity index (χ1v) is 7.88. The lowest BCUT2D eigenvalue weighted by atomic mass is 10.5. The fraction of sp³-hybridized carbons (Fsp3) is 0.692. The van der Waals surface area contributed by atoms with Gasteiger partial charge in [0.2, 0.25) is 0 Å². The lowest BCUT2D eigenvalue weighted by molar-refractivity contribution is -0.140. The van der Waals surface area contributed by atoms with Crippen molar-refractivity contribution < 1.29 is 17.9 Å². The molecule has 0 aromatic carbocycles. The Labute approximate surface area is 160 Å². The molecule has 0 bridgehead atoms. The smallest absolute Gasteiger partial charge is 0.383 e. The highest BCUT2D eigenvalue weighted by atomic mass is 127. The number of methoxy groups -OCH3 is 1. The van der Waals surface area contributed by atoms with Crippen molar-refractivity contribution in [3.8, 4) is 0 Å². The van der Waals surface area contributed by atoms with E-state index >= 15 is 0 Å². The Morgan fingerprint density at radius 1 is 1.38 bits per heavy atom. The number of thiazole rings is 1. The second-order valence-electron chi connectivity index (χ2n) is 4.77. The van der Waals surface area contributed by atoms with E-state index in [2.05, 4.69) is 25.5 Å². The zero-order valence-corrected chi connectivity index (χ0v) is 17.0. The van der Waals surface area contributed by atoms with Crippen molar-refractivity contribution >= 4 is 41.3 Å². The van der Waals surface area contributed by atoms with Crippen LogP contribution in [0.4, 0.5) is 13.2 Å². The second kappa shape index (κ2) is 11.8. The largest absolute Gasteiger partial charge is 0.434 e. The van der Waals surface area contributed by atoms with Crippen molar-refractivity contribution in [1.82, 2.24) is 20.5 Å². The van der Waals surface area contributed by atoms with Crippen LogP contribution in [0.1, 0.15) is 10.7 Å². The highest BCUT2D eigenvalue weighted by Crippen LogP contribution is 2.29. The second-order valence-corrected chi connectivity index (χ2v) is 5.72. The third-order valence-electron chi connectivity index (χ3n) is 2.94. The van der Waals surface area contributed by atoms with Gasteiger partial charge in [0.1, 0.15) is 5.01 Å². The molecule has 0 fully saturated rings. The van der Waals surface area contributed by atoms with Gasteiger partial charge in [0.25, 0.3) is 0 Å². The van der Waals surface area contributed by atoms with Gasteiger partial charge in [-0.05, 0) is 7.05 Å². The molecule has 24 heavy (non-hydrogen) atoms. The molecule has 6 nitrogen and oxygen atoms in total. The van der Waals surface area contributed by atoms with Crippen molar-refractivity contribution in [2.24, 2.45) is 4.99 Å². The molecule has 1 aromatic heterocycles. The summed E-state index contributed by atoms with van der Waals surface area (Å²) in [5.74, 6) is 0.522. The number of aliphatic imine (C=N–C) groups is 1. The van der Waals surface area contributed by atoms with Crippen LogP contribution in [0.15, 0.2) is 10.4 Å². The molecule has 140 valence electrons. The number of nitrogens with zero attached hydrogens (tertiary/aromatic N) is 3. The molecule has 0 amide bonds. The van der Waals surface area contributed by atoms with Gasteiger partial charge in [0, 0.05) is 39.2 Å². The van der Waals surface area contributed by atoms with E-state index in [0.29, 0.717) is 24.1 Å². The Balaban J connectivity index is 0.00000529. The first-order valence-electron chi connectivity index (χ1n) is 7.00. The predicted octanol–water partition coefficient (Wildman–Crippen LogP) is 2.02. The maximum atomic E-state index is 12.5. The lowest BCUT2D eigenvalue weighted by Crippen LogP contribution is -2.41. The molecule has 0 saturated heterocycles. The van der Waals surface area contributed by atoms with Gasteiger partial charge in [0.15, 0.2) is 11.7 Å². The van der Waals surface area contributed by atoms with Gasteiger partial charge in [-0.1, -0.05) is 0 Å². The van der Waals surface area contributed by atoms with Crippen LogP contribution < -0.4 is 10.6 Å². The number of halogens is 4. The number of nitrogens with one attached hydrogen (secondary N) is 2. The Bertz CT molecular complexity index is 498. The summed E-state index contributed by atoms with van der Waals surface area (Å²) in [5.41, 5.74) is -0.859. The molecule has 11 heteroatoms. The van der Waals surface area contributed by atoms with Crippen LogP contribution in [-0.2, 0) is 17.5 Å². The molecule has 0 spiro atoms. The first kappa shape index (κ1) is 23.3. The van der Waals surface area contributed by atoms with Gasteiger partial charge >= 0.3 is 6.18 Å². The number of alkyl halides is 3. The van der Waals surface area contributed by atoms with E-state index in [1.807, 2.05) is 7.05 Å². The number of likely N-dealkylation sites (N-methyl/N-ethyl adjacent to an activating group) is 1. The average Bonchev–Trinajstić information content (AvgIpc) is 2.97. The molecular weight excluding hydrogens is 458 g/mol. The van der Waals surface area contributed by atoms with Crippen molar-refractivity contribution in [1.29, 1.82) is 0 Å². The van der Waals surface area contributed by atoms with E-state index in [4.69, 9.17) is 4.74 Å². The molecular formula is C13H23F3IN5OS. The van der Waals surface area contributed by atoms with Gasteiger partial charge in [0.05, 0.1) is 13.2 Å². The summed E-state index contributed by atoms with van der Waals surface area (Å²) in [6.07, 6.45) is -4.40. The minimum absolute atomic E-state index is 0. The van der Waals surface area contributed by atoms with Crippen molar-refractivity contribution in [3.05, 3.63) is 16.1 Å². The summed E-state index contributed by atoms with van der Waals surface area (Å²) in [4.78, 5) is 9.68. The summed E-state index contributed by atoms with van der Waals surface area (Å²) >= 11 is 0.968. The zero-order valence-electron chi connectivity index (χ0n) is 13.8. The molecule has 1 aromatic rings. The van der Waals surface area contributed by atoms with E-state index in [9.17, 15) is 13.2 Å². The summed E-state index contributed by atoms with van der Waals surface area (Å²) in [7, 11) is 5.23. The Kier molecular flexibility index (Phi) is 11.5. The Morgan fingerprint density at radius 2 is 2.08 bits per heavy atom. The standard InChI is InChI=1S/C13H22F3N5OS.HI/c1-17-12(18-4-5-21(2)6-7-22-3)19-8-11-20-10(9-23-11)13(14,15)16;/h9H,4-8H2,1-3H3,(H2,17,18,19);1H. The molecule has 1 rings (SSSR count). The van der Waals surface area contributed by atoms with E-state index < -0.39 is 11.9 Å². The maximum Gasteiger partial charge on any atom is 0.434 e. The fourth-order valence-corrected chi connectivity index (χ4v) is 2.37. The number of hydrogen-bond acceptors (Lipinski definition) is 5. The van der Waals surface area contributed by atoms with Crippen LogP contribution in [-0.4, -0.2) is 63.3 Å². The highest BCUT2D eigenvalue weighted by molar-refractivity contribution is 14.0. The molecule has 0 atom stereocenters. The van der Waals surface area contributed by atoms with Crippen LogP contribution >= 0.6 is 35.3 Å². The first-order chi connectivity index (χ1) is 10.9. The van der Waals surface area contributed by atoms with Gasteiger partial charge in [-0.2, -0.15) is 13.2 Å². The molecule has 0 saturated carbocycles. The third-order valence-corrected chi connectivity index (χ3v) is 3.78. The normalized spacial score (nSPS) is 12.2. The summed E-state index contributed by atoms with van der Waals surface area (Å²) < 4.78 is 42.4. The minimum atomic E-state index is -4.40. The molecule has 0 aliphatic heterocycles. The van der Waals surface area contributed by atoms with Crippen molar-refractivity contribution in [2.75, 3.05) is 47.4 Å². The SMILES string of the molecule is CN=C(NCCN(C)CCOC)NCc1nc(C(F)(F)F)cs1.I. The number of guanidine groups is 1. The van der Waals surface area contributed by atoms with Gasteiger partial charge < -0.3 is 20.3 Å². The fourth-order valence-electron chi connectivity index (χ4n) is 1.63. The van der Waals surface area contributed by atoms with E-state index in [0.717, 1.165) is 29.8 Å². The number of hydrogen-bond donors (Lipinski definition) is 2. The number of rotatable bonds is 8. The van der Waals surface area contributed by atoms with Crippen molar-refractivity contribution in [2.45, 2.75) is 12.7 Å². The number of aromatic nitrogens is 1. The topological polar surface area (TPSA) is 61.8 Å². The summed E-state index contributed by atoms with van der Waals surface area (Å²) in [6, 6.07) is 0. The minimum Gasteiger partial charge on any atom is -0.383 e. The molecule has 0 unspecified atom stereocenters. The van der Waals surface area contributed by atoms with E-state index in [1.165, 1.54) is 0 Å². The molecule has 0 aliphatic rings. The third kappa shape index (κ3) is 8.99. The monoisotopic (exact) mass is 481 g/mol. The Hall–Kier alpha value is -0.660. The molecule has 0 aliphatic carbocycles. The van der Waals surface area contributed by atoms with Crippen LogP contribution in [0.3, 0.4) is 0 Å². The van der Waals surface area contributed by atoms with Gasteiger partial charge in [-0.3, -0.25) is 4.99 Å². The summed E-state index contributed by atoms with van der Waals surface area (Å²) in [5, 5.41) is 7.41. The van der Waals surface area contributed by atoms with E-state index in [1.54, 1.807) is 14.2 Å². The quantitative estimate of drug-likeness (QED) is 0.338. The lowest BCUT2D eigenvalue weighted by Gasteiger charge is -2.17. The Morgan fingerprint density at radius 3 is 2.62 bits per heavy atom. The molecule has 1 heterocycles. The van der Waals surface area contributed by atoms with Crippen LogP contribution in [0, 0.1) is 0 Å². The van der Waals surface area contributed by atoms with Crippen LogP contribution in [0.5, 0.6) is 0 Å². The van der Waals surface area contributed by atoms with Crippen LogP contribution in [0.2, 0.25) is 0 Å². The predicted molar refractivity (Wildman–Crippen MR) is 100 cm³/mol. The highest BCUT2D eigenvalue weighted by Gasteiger charge is 2.33. The molecule has 2 N–H and O–H groups in total. The maximum absolute atomic E-state index is 12.5. The van der Waals surface area contributed by atoms with Gasteiger partial charge in [-0.15, -0.1) is 35.3 Å².